The van der Waals surface area contributed by atoms with Crippen molar-refractivity contribution < 1.29 is 4.74 Å². The first-order valence-electron chi connectivity index (χ1n) is 6.55. The van der Waals surface area contributed by atoms with E-state index in [1.807, 2.05) is 6.92 Å². The maximum Gasteiger partial charge on any atom is 0.322 e. The van der Waals surface area contributed by atoms with E-state index in [1.165, 1.54) is 12.8 Å². The van der Waals surface area contributed by atoms with Crippen LogP contribution < -0.4 is 10.1 Å². The first-order chi connectivity index (χ1) is 9.70. The minimum Gasteiger partial charge on any atom is -0.423 e. The van der Waals surface area contributed by atoms with Gasteiger partial charge in [0.1, 0.15) is 0 Å². The summed E-state index contributed by atoms with van der Waals surface area (Å²) in [5.41, 5.74) is 2.01. The molecule has 2 heterocycles. The van der Waals surface area contributed by atoms with Gasteiger partial charge in [-0.25, -0.2) is 4.98 Å². The molecule has 0 amide bonds. The summed E-state index contributed by atoms with van der Waals surface area (Å²) in [5.74, 6) is 0.528. The molecule has 0 saturated heterocycles. The number of hydrogen-bond acceptors (Lipinski definition) is 5. The molecule has 104 valence electrons. The zero-order valence-corrected chi connectivity index (χ0v) is 11.9. The Hall–Kier alpha value is -1.72. The van der Waals surface area contributed by atoms with Crippen molar-refractivity contribution in [3.63, 3.8) is 0 Å². The van der Waals surface area contributed by atoms with E-state index in [-0.39, 0.29) is 0 Å². The summed E-state index contributed by atoms with van der Waals surface area (Å²) >= 11 is 5.85. The van der Waals surface area contributed by atoms with E-state index in [1.54, 1.807) is 24.7 Å². The number of halogens is 1. The molecule has 0 spiro atoms. The van der Waals surface area contributed by atoms with Crippen LogP contribution in [0.5, 0.6) is 11.8 Å². The molecule has 1 N–H and O–H groups in total. The van der Waals surface area contributed by atoms with Gasteiger partial charge in [-0.1, -0.05) is 11.6 Å². The van der Waals surface area contributed by atoms with E-state index >= 15 is 0 Å². The van der Waals surface area contributed by atoms with Gasteiger partial charge in [0.15, 0.2) is 5.75 Å². The van der Waals surface area contributed by atoms with Gasteiger partial charge in [-0.05, 0) is 19.8 Å². The molecular weight excluding hydrogens is 276 g/mol. The van der Waals surface area contributed by atoms with Crippen LogP contribution in [0.2, 0.25) is 5.02 Å². The highest BCUT2D eigenvalue weighted by molar-refractivity contribution is 6.30. The highest BCUT2D eigenvalue weighted by Crippen LogP contribution is 2.22. The third-order valence-corrected chi connectivity index (χ3v) is 3.31. The van der Waals surface area contributed by atoms with Crippen LogP contribution in [0.1, 0.15) is 24.1 Å². The van der Waals surface area contributed by atoms with Crippen molar-refractivity contribution in [1.29, 1.82) is 0 Å². The lowest BCUT2D eigenvalue weighted by Gasteiger charge is -2.08. The summed E-state index contributed by atoms with van der Waals surface area (Å²) < 4.78 is 5.54. The van der Waals surface area contributed by atoms with Crippen LogP contribution in [-0.4, -0.2) is 21.0 Å². The summed E-state index contributed by atoms with van der Waals surface area (Å²) in [7, 11) is 0. The minimum atomic E-state index is 0.307. The zero-order chi connectivity index (χ0) is 13.9. The number of aromatic nitrogens is 3. The highest BCUT2D eigenvalue weighted by Gasteiger charge is 2.20. The summed E-state index contributed by atoms with van der Waals surface area (Å²) in [6.07, 6.45) is 7.46. The second-order valence-electron chi connectivity index (χ2n) is 4.86. The van der Waals surface area contributed by atoms with Crippen LogP contribution in [0.4, 0.5) is 0 Å². The molecule has 0 unspecified atom stereocenters. The van der Waals surface area contributed by atoms with E-state index in [4.69, 9.17) is 16.3 Å². The Bertz CT molecular complexity index is 616. The molecule has 3 rings (SSSR count). The summed E-state index contributed by atoms with van der Waals surface area (Å²) in [4.78, 5) is 12.5. The Morgan fingerprint density at radius 3 is 2.90 bits per heavy atom. The molecule has 20 heavy (non-hydrogen) atoms. The molecule has 1 fully saturated rings. The Balaban J connectivity index is 1.69. The fourth-order valence-corrected chi connectivity index (χ4v) is 1.95. The average molecular weight is 291 g/mol. The second-order valence-corrected chi connectivity index (χ2v) is 5.30. The average Bonchev–Trinajstić information content (AvgIpc) is 3.22. The van der Waals surface area contributed by atoms with Crippen LogP contribution in [0.15, 0.2) is 24.7 Å². The van der Waals surface area contributed by atoms with Crippen molar-refractivity contribution in [3.8, 4) is 11.8 Å². The molecule has 2 aromatic heterocycles. The Kier molecular flexibility index (Phi) is 3.80. The lowest BCUT2D eigenvalue weighted by atomic mass is 10.2. The number of ether oxygens (including phenoxy) is 1. The second kappa shape index (κ2) is 5.73. The van der Waals surface area contributed by atoms with Gasteiger partial charge in [-0.2, -0.15) is 4.98 Å². The van der Waals surface area contributed by atoms with Crippen LogP contribution in [0.3, 0.4) is 0 Å². The molecule has 1 saturated carbocycles. The fourth-order valence-electron chi connectivity index (χ4n) is 1.79. The van der Waals surface area contributed by atoms with E-state index in [0.29, 0.717) is 22.8 Å². The molecule has 2 aromatic rings. The monoisotopic (exact) mass is 290 g/mol. The van der Waals surface area contributed by atoms with Crippen molar-refractivity contribution in [2.75, 3.05) is 0 Å². The summed E-state index contributed by atoms with van der Waals surface area (Å²) in [5, 5.41) is 3.96. The normalized spacial score (nSPS) is 14.3. The molecule has 1 aliphatic rings. The van der Waals surface area contributed by atoms with Gasteiger partial charge < -0.3 is 10.1 Å². The summed E-state index contributed by atoms with van der Waals surface area (Å²) in [6.45, 7) is 2.75. The van der Waals surface area contributed by atoms with Gasteiger partial charge in [-0.15, -0.1) is 0 Å². The van der Waals surface area contributed by atoms with E-state index < -0.39 is 0 Å². The number of rotatable bonds is 5. The first-order valence-corrected chi connectivity index (χ1v) is 6.93. The quantitative estimate of drug-likeness (QED) is 0.917. The van der Waals surface area contributed by atoms with Crippen molar-refractivity contribution >= 4 is 11.6 Å². The summed E-state index contributed by atoms with van der Waals surface area (Å²) in [6, 6.07) is 2.65. The molecule has 6 heteroatoms. The minimum absolute atomic E-state index is 0.307. The van der Waals surface area contributed by atoms with Crippen LogP contribution in [0.25, 0.3) is 0 Å². The molecule has 1 aliphatic carbocycles. The lowest BCUT2D eigenvalue weighted by molar-refractivity contribution is 0.437. The van der Waals surface area contributed by atoms with Crippen LogP contribution >= 0.6 is 11.6 Å². The first kappa shape index (κ1) is 13.3. The maximum absolute atomic E-state index is 5.85. The van der Waals surface area contributed by atoms with Gasteiger partial charge in [0.2, 0.25) is 0 Å². The number of pyridine rings is 1. The number of nitrogens with one attached hydrogen (secondary N) is 1. The van der Waals surface area contributed by atoms with Crippen molar-refractivity contribution in [2.45, 2.75) is 32.4 Å². The van der Waals surface area contributed by atoms with Crippen LogP contribution in [0, 0.1) is 6.92 Å². The highest BCUT2D eigenvalue weighted by atomic mass is 35.5. The van der Waals surface area contributed by atoms with Crippen molar-refractivity contribution in [1.82, 2.24) is 20.3 Å². The third-order valence-electron chi connectivity index (χ3n) is 3.11. The molecule has 0 atom stereocenters. The van der Waals surface area contributed by atoms with Gasteiger partial charge in [-0.3, -0.25) is 4.98 Å². The van der Waals surface area contributed by atoms with Gasteiger partial charge >= 0.3 is 6.01 Å². The standard InChI is InChI=1S/C14H15ClN4O/c1-9-10(5-17-12-2-3-12)6-18-14(19-9)20-13-4-11(15)7-16-8-13/h4,6-8,12,17H,2-3,5H2,1H3. The largest absolute Gasteiger partial charge is 0.423 e. The zero-order valence-electron chi connectivity index (χ0n) is 11.1. The number of nitrogens with zero attached hydrogens (tertiary/aromatic N) is 3. The fraction of sp³-hybridized carbons (Fsp3) is 0.357. The Labute approximate surface area is 122 Å². The van der Waals surface area contributed by atoms with E-state index in [0.717, 1.165) is 17.8 Å². The number of aryl methyl sites for hydroxylation is 1. The molecule has 0 radical (unpaired) electrons. The van der Waals surface area contributed by atoms with Crippen LogP contribution in [-0.2, 0) is 6.54 Å². The van der Waals surface area contributed by atoms with E-state index in [2.05, 4.69) is 20.3 Å². The molecule has 5 nitrogen and oxygen atoms in total. The van der Waals surface area contributed by atoms with Crippen molar-refractivity contribution in [3.05, 3.63) is 40.9 Å². The maximum atomic E-state index is 5.85. The lowest BCUT2D eigenvalue weighted by Crippen LogP contribution is -2.16. The van der Waals surface area contributed by atoms with E-state index in [9.17, 15) is 0 Å². The van der Waals surface area contributed by atoms with Gasteiger partial charge in [0.05, 0.1) is 11.2 Å². The molecule has 0 aromatic carbocycles. The molecule has 0 aliphatic heterocycles. The Morgan fingerprint density at radius 1 is 1.35 bits per heavy atom. The van der Waals surface area contributed by atoms with Gasteiger partial charge in [0.25, 0.3) is 0 Å². The predicted octanol–water partition coefficient (Wildman–Crippen LogP) is 2.88. The molecular formula is C14H15ClN4O. The third kappa shape index (κ3) is 3.43. The Morgan fingerprint density at radius 2 is 2.20 bits per heavy atom. The number of hydrogen-bond donors (Lipinski definition) is 1. The van der Waals surface area contributed by atoms with Crippen molar-refractivity contribution in [2.24, 2.45) is 0 Å². The topological polar surface area (TPSA) is 59.9 Å². The van der Waals surface area contributed by atoms with Gasteiger partial charge in [0, 0.05) is 42.3 Å². The smallest absolute Gasteiger partial charge is 0.322 e. The molecule has 0 bridgehead atoms. The predicted molar refractivity (Wildman–Crippen MR) is 76.0 cm³/mol. The SMILES string of the molecule is Cc1nc(Oc2cncc(Cl)c2)ncc1CNC1CC1.